The molecule has 7 heteroatoms. The molecule has 1 amide bonds. The summed E-state index contributed by atoms with van der Waals surface area (Å²) in [5.74, 6) is -1.26. The van der Waals surface area contributed by atoms with Gasteiger partial charge in [-0.15, -0.1) is 11.3 Å². The molecule has 0 unspecified atom stereocenters. The van der Waals surface area contributed by atoms with Crippen LogP contribution in [-0.4, -0.2) is 17.0 Å². The summed E-state index contributed by atoms with van der Waals surface area (Å²) >= 11 is 7.95. The molecule has 0 spiro atoms. The molecule has 1 aromatic heterocycles. The van der Waals surface area contributed by atoms with Crippen molar-refractivity contribution in [2.75, 3.05) is 5.32 Å². The van der Waals surface area contributed by atoms with Crippen molar-refractivity contribution >= 4 is 60.8 Å². The van der Waals surface area contributed by atoms with Crippen molar-refractivity contribution in [3.05, 3.63) is 49.0 Å². The Morgan fingerprint density at radius 1 is 1.16 bits per heavy atom. The van der Waals surface area contributed by atoms with Gasteiger partial charge in [0.2, 0.25) is 0 Å². The van der Waals surface area contributed by atoms with Crippen LogP contribution in [0.25, 0.3) is 0 Å². The van der Waals surface area contributed by atoms with Crippen LogP contribution in [0, 0.1) is 0 Å². The molecule has 0 fully saturated rings. The van der Waals surface area contributed by atoms with Gasteiger partial charge in [-0.1, -0.05) is 0 Å². The van der Waals surface area contributed by atoms with Crippen molar-refractivity contribution in [1.29, 1.82) is 0 Å². The highest BCUT2D eigenvalue weighted by Gasteiger charge is 2.11. The van der Waals surface area contributed by atoms with Gasteiger partial charge >= 0.3 is 5.97 Å². The van der Waals surface area contributed by atoms with Gasteiger partial charge in [-0.3, -0.25) is 4.79 Å². The molecule has 2 rings (SSSR count). The molecule has 0 aliphatic heterocycles. The number of nitrogens with one attached hydrogen (secondary N) is 1. The normalized spacial score (nSPS) is 10.2. The van der Waals surface area contributed by atoms with Crippen LogP contribution in [0.2, 0.25) is 0 Å². The van der Waals surface area contributed by atoms with Crippen LogP contribution in [0.4, 0.5) is 5.69 Å². The lowest BCUT2D eigenvalue weighted by Crippen LogP contribution is -2.11. The fourth-order valence-corrected chi connectivity index (χ4v) is 2.99. The minimum atomic E-state index is -1.01. The molecule has 4 nitrogen and oxygen atoms in total. The minimum Gasteiger partial charge on any atom is -0.478 e. The lowest BCUT2D eigenvalue weighted by molar-refractivity contribution is 0.0696. The number of carbonyl (C=O) groups is 2. The molecule has 0 saturated heterocycles. The van der Waals surface area contributed by atoms with E-state index in [0.29, 0.717) is 15.7 Å². The number of benzene rings is 1. The Hall–Kier alpha value is -1.18. The third-order valence-electron chi connectivity index (χ3n) is 2.29. The van der Waals surface area contributed by atoms with E-state index in [-0.39, 0.29) is 11.5 Å². The first-order valence-electron chi connectivity index (χ1n) is 5.05. The second kappa shape index (κ2) is 5.85. The summed E-state index contributed by atoms with van der Waals surface area (Å²) in [4.78, 5) is 22.7. The largest absolute Gasteiger partial charge is 0.478 e. The third-order valence-corrected chi connectivity index (χ3v) is 4.45. The van der Waals surface area contributed by atoms with Gasteiger partial charge < -0.3 is 10.4 Å². The topological polar surface area (TPSA) is 66.4 Å². The van der Waals surface area contributed by atoms with Crippen LogP contribution in [-0.2, 0) is 0 Å². The summed E-state index contributed by atoms with van der Waals surface area (Å²) in [6.07, 6.45) is 0. The first kappa shape index (κ1) is 14.2. The molecule has 0 aliphatic rings. The molecule has 2 N–H and O–H groups in total. The van der Waals surface area contributed by atoms with Crippen LogP contribution in [0.15, 0.2) is 37.9 Å². The van der Waals surface area contributed by atoms with Crippen LogP contribution in [0.3, 0.4) is 0 Å². The molecule has 0 aliphatic carbocycles. The van der Waals surface area contributed by atoms with E-state index in [1.54, 1.807) is 17.5 Å². The van der Waals surface area contributed by atoms with Crippen LogP contribution in [0.5, 0.6) is 0 Å². The van der Waals surface area contributed by atoms with Gasteiger partial charge in [0, 0.05) is 9.85 Å². The summed E-state index contributed by atoms with van der Waals surface area (Å²) in [5.41, 5.74) is 1.23. The number of carboxylic acids is 1. The van der Waals surface area contributed by atoms with Crippen molar-refractivity contribution in [1.82, 2.24) is 0 Å². The minimum absolute atomic E-state index is 0.156. The number of hydrogen-bond donors (Lipinski definition) is 2. The van der Waals surface area contributed by atoms with Crippen molar-refractivity contribution in [3.63, 3.8) is 0 Å². The molecular weight excluding hydrogens is 398 g/mol. The van der Waals surface area contributed by atoms with Crippen LogP contribution < -0.4 is 5.32 Å². The Morgan fingerprint density at radius 3 is 2.42 bits per heavy atom. The highest BCUT2D eigenvalue weighted by molar-refractivity contribution is 9.11. The van der Waals surface area contributed by atoms with E-state index >= 15 is 0 Å². The number of carbonyl (C=O) groups excluding carboxylic acids is 1. The maximum absolute atomic E-state index is 11.9. The van der Waals surface area contributed by atoms with E-state index < -0.39 is 5.97 Å². The SMILES string of the molecule is O=C(O)c1ccc(NC(=O)c2csc(Br)c2)c(Br)c1. The molecule has 0 bridgehead atoms. The fourth-order valence-electron chi connectivity index (χ4n) is 1.37. The molecule has 0 radical (unpaired) electrons. The standard InChI is InChI=1S/C12H7Br2NO3S/c13-8-3-6(12(17)18)1-2-9(8)15-11(16)7-4-10(14)19-5-7/h1-5H,(H,15,16)(H,17,18). The number of anilines is 1. The average molecular weight is 405 g/mol. The van der Waals surface area contributed by atoms with Gasteiger partial charge in [0.05, 0.1) is 20.6 Å². The first-order valence-corrected chi connectivity index (χ1v) is 7.52. The smallest absolute Gasteiger partial charge is 0.335 e. The van der Waals surface area contributed by atoms with E-state index in [1.807, 2.05) is 0 Å². The second-order valence-corrected chi connectivity index (χ2v) is 6.74. The fraction of sp³-hybridized carbons (Fsp3) is 0. The summed E-state index contributed by atoms with van der Waals surface area (Å²) in [7, 11) is 0. The average Bonchev–Trinajstić information content (AvgIpc) is 2.78. The number of aromatic carboxylic acids is 1. The second-order valence-electron chi connectivity index (χ2n) is 3.59. The molecule has 19 heavy (non-hydrogen) atoms. The predicted octanol–water partition coefficient (Wildman–Crippen LogP) is 4.22. The highest BCUT2D eigenvalue weighted by Crippen LogP contribution is 2.26. The Morgan fingerprint density at radius 2 is 1.89 bits per heavy atom. The van der Waals surface area contributed by atoms with Gasteiger partial charge in [0.25, 0.3) is 5.91 Å². The quantitative estimate of drug-likeness (QED) is 0.804. The summed E-state index contributed by atoms with van der Waals surface area (Å²) in [6.45, 7) is 0. The first-order chi connectivity index (χ1) is 8.97. The van der Waals surface area contributed by atoms with E-state index in [4.69, 9.17) is 5.11 Å². The predicted molar refractivity (Wildman–Crippen MR) is 81.1 cm³/mol. The molecule has 2 aromatic rings. The Labute approximate surface area is 129 Å². The number of thiophene rings is 1. The van der Waals surface area contributed by atoms with Gasteiger partial charge in [0.15, 0.2) is 0 Å². The van der Waals surface area contributed by atoms with Gasteiger partial charge in [-0.05, 0) is 56.1 Å². The zero-order valence-corrected chi connectivity index (χ0v) is 13.3. The van der Waals surface area contributed by atoms with Crippen molar-refractivity contribution in [3.8, 4) is 0 Å². The Kier molecular flexibility index (Phi) is 4.38. The van der Waals surface area contributed by atoms with E-state index in [2.05, 4.69) is 37.2 Å². The zero-order chi connectivity index (χ0) is 14.0. The molecule has 0 atom stereocenters. The van der Waals surface area contributed by atoms with Gasteiger partial charge in [-0.2, -0.15) is 0 Å². The lowest BCUT2D eigenvalue weighted by atomic mass is 10.2. The molecule has 1 aromatic carbocycles. The lowest BCUT2D eigenvalue weighted by Gasteiger charge is -2.07. The third kappa shape index (κ3) is 3.43. The zero-order valence-electron chi connectivity index (χ0n) is 9.31. The maximum atomic E-state index is 11.9. The summed E-state index contributed by atoms with van der Waals surface area (Å²) < 4.78 is 1.40. The monoisotopic (exact) mass is 403 g/mol. The number of hydrogen-bond acceptors (Lipinski definition) is 3. The highest BCUT2D eigenvalue weighted by atomic mass is 79.9. The summed E-state index contributed by atoms with van der Waals surface area (Å²) in [5, 5.41) is 13.3. The van der Waals surface area contributed by atoms with Crippen LogP contribution in [0.1, 0.15) is 20.7 Å². The molecule has 98 valence electrons. The Balaban J connectivity index is 2.20. The van der Waals surface area contributed by atoms with Crippen molar-refractivity contribution < 1.29 is 14.7 Å². The number of carboxylic acid groups (broad SMARTS) is 1. The van der Waals surface area contributed by atoms with E-state index in [0.717, 1.165) is 3.79 Å². The van der Waals surface area contributed by atoms with Crippen molar-refractivity contribution in [2.45, 2.75) is 0 Å². The number of halogens is 2. The van der Waals surface area contributed by atoms with Gasteiger partial charge in [0.1, 0.15) is 0 Å². The number of rotatable bonds is 3. The maximum Gasteiger partial charge on any atom is 0.335 e. The molecule has 1 heterocycles. The van der Waals surface area contributed by atoms with E-state index in [9.17, 15) is 9.59 Å². The Bertz CT molecular complexity index is 654. The molecule has 0 saturated carbocycles. The van der Waals surface area contributed by atoms with Gasteiger partial charge in [-0.25, -0.2) is 4.79 Å². The van der Waals surface area contributed by atoms with Crippen molar-refractivity contribution in [2.24, 2.45) is 0 Å². The van der Waals surface area contributed by atoms with E-state index in [1.165, 1.54) is 23.5 Å². The number of amides is 1. The van der Waals surface area contributed by atoms with Crippen LogP contribution >= 0.6 is 43.2 Å². The summed E-state index contributed by atoms with van der Waals surface area (Å²) in [6, 6.07) is 6.15. The molecular formula is C12H7Br2NO3S.